The highest BCUT2D eigenvalue weighted by Crippen LogP contribution is 2.28. The molecule has 2 aromatic carbocycles. The molecular formula is C33H39N3O4S. The lowest BCUT2D eigenvalue weighted by Crippen LogP contribution is -2.57. The molecule has 41 heavy (non-hydrogen) atoms. The third-order valence-corrected chi connectivity index (χ3v) is 9.15. The monoisotopic (exact) mass is 573 g/mol. The van der Waals surface area contributed by atoms with Crippen molar-refractivity contribution in [2.24, 2.45) is 0 Å². The zero-order chi connectivity index (χ0) is 28.8. The molecule has 0 spiro atoms. The molecule has 216 valence electrons. The summed E-state index contributed by atoms with van der Waals surface area (Å²) in [5.74, 6) is 0.533. The number of nitrogens with zero attached hydrogens (tertiary/aromatic N) is 2. The highest BCUT2D eigenvalue weighted by Gasteiger charge is 2.39. The number of rotatable bonds is 9. The molecule has 3 aromatic rings. The van der Waals surface area contributed by atoms with Crippen LogP contribution in [0, 0.1) is 6.92 Å². The van der Waals surface area contributed by atoms with Crippen LogP contribution in [0.25, 0.3) is 0 Å². The average Bonchev–Trinajstić information content (AvgIpc) is 3.69. The molecule has 1 aliphatic carbocycles. The lowest BCUT2D eigenvalue weighted by atomic mass is 9.88. The number of nitrogens with one attached hydrogen (secondary N) is 1. The first kappa shape index (κ1) is 28.9. The summed E-state index contributed by atoms with van der Waals surface area (Å²) in [6.07, 6.45) is 5.40. The van der Waals surface area contributed by atoms with Crippen molar-refractivity contribution in [2.45, 2.75) is 76.5 Å². The van der Waals surface area contributed by atoms with Crippen LogP contribution >= 0.6 is 11.3 Å². The van der Waals surface area contributed by atoms with Gasteiger partial charge in [0.25, 0.3) is 5.91 Å². The van der Waals surface area contributed by atoms with E-state index in [1.165, 1.54) is 0 Å². The number of methoxy groups -OCH3 is 1. The summed E-state index contributed by atoms with van der Waals surface area (Å²) < 4.78 is 5.30. The van der Waals surface area contributed by atoms with E-state index in [0.717, 1.165) is 48.1 Å². The maximum atomic E-state index is 14.0. The van der Waals surface area contributed by atoms with E-state index in [9.17, 15) is 14.4 Å². The molecule has 3 amide bonds. The molecule has 2 aliphatic rings. The van der Waals surface area contributed by atoms with Crippen molar-refractivity contribution in [3.63, 3.8) is 0 Å². The van der Waals surface area contributed by atoms with E-state index in [-0.39, 0.29) is 29.8 Å². The van der Waals surface area contributed by atoms with Crippen molar-refractivity contribution >= 4 is 29.1 Å². The van der Waals surface area contributed by atoms with Crippen LogP contribution in [0.2, 0.25) is 0 Å². The lowest BCUT2D eigenvalue weighted by Gasteiger charge is -2.41. The van der Waals surface area contributed by atoms with Crippen LogP contribution in [0.3, 0.4) is 0 Å². The minimum Gasteiger partial charge on any atom is -0.497 e. The van der Waals surface area contributed by atoms with Crippen LogP contribution in [-0.2, 0) is 22.6 Å². The van der Waals surface area contributed by atoms with Gasteiger partial charge in [0.05, 0.1) is 19.6 Å². The summed E-state index contributed by atoms with van der Waals surface area (Å²) >= 11 is 1.56. The van der Waals surface area contributed by atoms with Gasteiger partial charge in [-0.15, -0.1) is 11.3 Å². The molecule has 1 saturated heterocycles. The second-order valence-electron chi connectivity index (χ2n) is 11.1. The number of carbonyl (C=O) groups excluding carboxylic acids is 3. The zero-order valence-corrected chi connectivity index (χ0v) is 24.7. The van der Waals surface area contributed by atoms with E-state index >= 15 is 0 Å². The van der Waals surface area contributed by atoms with E-state index in [1.54, 1.807) is 47.6 Å². The number of hydrogen-bond acceptors (Lipinski definition) is 5. The van der Waals surface area contributed by atoms with Gasteiger partial charge >= 0.3 is 0 Å². The summed E-state index contributed by atoms with van der Waals surface area (Å²) in [5, 5.41) is 5.28. The minimum atomic E-state index is -0.465. The van der Waals surface area contributed by atoms with Crippen LogP contribution < -0.4 is 10.1 Å². The fourth-order valence-electron chi connectivity index (χ4n) is 6.18. The highest BCUT2D eigenvalue weighted by molar-refractivity contribution is 7.10. The van der Waals surface area contributed by atoms with Crippen LogP contribution in [0.15, 0.2) is 66.0 Å². The van der Waals surface area contributed by atoms with E-state index in [4.69, 9.17) is 4.74 Å². The molecule has 1 aromatic heterocycles. The van der Waals surface area contributed by atoms with Gasteiger partial charge in [-0.3, -0.25) is 14.4 Å². The molecule has 3 atom stereocenters. The Morgan fingerprint density at radius 3 is 2.54 bits per heavy atom. The Morgan fingerprint density at radius 1 is 1.00 bits per heavy atom. The number of carbonyl (C=O) groups is 3. The predicted octanol–water partition coefficient (Wildman–Crippen LogP) is 5.37. The quantitative estimate of drug-likeness (QED) is 0.373. The largest absolute Gasteiger partial charge is 0.497 e. The van der Waals surface area contributed by atoms with Gasteiger partial charge in [-0.1, -0.05) is 48.7 Å². The topological polar surface area (TPSA) is 79.0 Å². The smallest absolute Gasteiger partial charge is 0.254 e. The summed E-state index contributed by atoms with van der Waals surface area (Å²) in [6, 6.07) is 18.5. The molecule has 0 radical (unpaired) electrons. The maximum Gasteiger partial charge on any atom is 0.254 e. The molecule has 8 heteroatoms. The van der Waals surface area contributed by atoms with Crippen LogP contribution in [0.1, 0.15) is 64.9 Å². The van der Waals surface area contributed by atoms with Gasteiger partial charge in [-0.25, -0.2) is 0 Å². The first-order chi connectivity index (χ1) is 19.9. The fourth-order valence-corrected chi connectivity index (χ4v) is 6.88. The Labute approximate surface area is 246 Å². The number of ether oxygens (including phenoxy) is 1. The van der Waals surface area contributed by atoms with Crippen molar-refractivity contribution in [1.82, 2.24) is 15.1 Å². The van der Waals surface area contributed by atoms with Gasteiger partial charge in [0.15, 0.2) is 0 Å². The average molecular weight is 574 g/mol. The SMILES string of the molecule is COc1ccc(C(=O)N(Cc2cccc(C)c2)[C@@H]2CCCCC2NC(=O)[C@H]2CCCN2C(=O)Cc2cccs2)cc1. The minimum absolute atomic E-state index is 0.000974. The third-order valence-electron chi connectivity index (χ3n) is 8.27. The normalized spacial score (nSPS) is 20.4. The van der Waals surface area contributed by atoms with Gasteiger partial charge in [0.1, 0.15) is 11.8 Å². The Bertz CT molecular complexity index is 1340. The number of thiophene rings is 1. The summed E-state index contributed by atoms with van der Waals surface area (Å²) in [4.78, 5) is 45.5. The molecule has 2 fully saturated rings. The molecule has 1 unspecified atom stereocenters. The molecule has 0 bridgehead atoms. The zero-order valence-electron chi connectivity index (χ0n) is 23.9. The van der Waals surface area contributed by atoms with Crippen LogP contribution in [0.4, 0.5) is 0 Å². The standard InChI is InChI=1S/C33H39N3O4S/c1-23-8-5-9-24(20-23)22-36(33(39)25-14-16-26(40-2)17-15-25)29-12-4-3-11-28(29)34-32(38)30-13-6-18-35(30)31(37)21-27-10-7-19-41-27/h5,7-10,14-17,19-20,28-30H,3-4,6,11-13,18,21-22H2,1-2H3,(H,34,38)/t28?,29-,30-/m1/s1. The van der Waals surface area contributed by atoms with E-state index in [2.05, 4.69) is 24.4 Å². The molecule has 1 N–H and O–H groups in total. The van der Waals surface area contributed by atoms with Crippen LogP contribution in [0.5, 0.6) is 5.75 Å². The second kappa shape index (κ2) is 13.3. The van der Waals surface area contributed by atoms with Crippen molar-refractivity contribution in [2.75, 3.05) is 13.7 Å². The third kappa shape index (κ3) is 6.99. The molecular weight excluding hydrogens is 534 g/mol. The second-order valence-corrected chi connectivity index (χ2v) is 12.2. The van der Waals surface area contributed by atoms with Crippen molar-refractivity contribution in [3.8, 4) is 5.75 Å². The molecule has 1 saturated carbocycles. The van der Waals surface area contributed by atoms with E-state index in [0.29, 0.717) is 37.2 Å². The first-order valence-corrected chi connectivity index (χ1v) is 15.4. The predicted molar refractivity (Wildman–Crippen MR) is 161 cm³/mol. The number of aryl methyl sites for hydroxylation is 1. The Hall–Kier alpha value is -3.65. The van der Waals surface area contributed by atoms with E-state index < -0.39 is 6.04 Å². The highest BCUT2D eigenvalue weighted by atomic mass is 32.1. The van der Waals surface area contributed by atoms with Gasteiger partial charge in [0.2, 0.25) is 11.8 Å². The Balaban J connectivity index is 1.36. The summed E-state index contributed by atoms with van der Waals surface area (Å²) in [5.41, 5.74) is 2.79. The Morgan fingerprint density at radius 2 is 1.80 bits per heavy atom. The van der Waals surface area contributed by atoms with Gasteiger partial charge in [0, 0.05) is 29.6 Å². The summed E-state index contributed by atoms with van der Waals surface area (Å²) in [7, 11) is 1.61. The fraction of sp³-hybridized carbons (Fsp3) is 0.424. The molecule has 1 aliphatic heterocycles. The van der Waals surface area contributed by atoms with Gasteiger partial charge < -0.3 is 19.9 Å². The van der Waals surface area contributed by atoms with Crippen molar-refractivity contribution in [3.05, 3.63) is 87.6 Å². The number of amides is 3. The lowest BCUT2D eigenvalue weighted by molar-refractivity contribution is -0.138. The first-order valence-electron chi connectivity index (χ1n) is 14.6. The van der Waals surface area contributed by atoms with Gasteiger partial charge in [-0.05, 0) is 73.9 Å². The Kier molecular flexibility index (Phi) is 9.39. The van der Waals surface area contributed by atoms with Crippen molar-refractivity contribution < 1.29 is 19.1 Å². The molecule has 2 heterocycles. The van der Waals surface area contributed by atoms with Crippen LogP contribution in [-0.4, -0.2) is 59.3 Å². The number of likely N-dealkylation sites (tertiary alicyclic amines) is 1. The van der Waals surface area contributed by atoms with Gasteiger partial charge in [-0.2, -0.15) is 0 Å². The molecule has 5 rings (SSSR count). The van der Waals surface area contributed by atoms with E-state index in [1.807, 2.05) is 34.5 Å². The van der Waals surface area contributed by atoms with Crippen molar-refractivity contribution in [1.29, 1.82) is 0 Å². The summed E-state index contributed by atoms with van der Waals surface area (Å²) in [6.45, 7) is 3.11. The number of benzene rings is 2. The maximum absolute atomic E-state index is 14.0. The number of hydrogen-bond donors (Lipinski definition) is 1. The molecule has 7 nitrogen and oxygen atoms in total.